The molecule has 0 amide bonds. The largest absolute Gasteiger partial charge is 0.497 e. The van der Waals surface area contributed by atoms with Gasteiger partial charge in [-0.2, -0.15) is 0 Å². The topological polar surface area (TPSA) is 135 Å². The van der Waals surface area contributed by atoms with E-state index in [1.54, 1.807) is 42.1 Å². The van der Waals surface area contributed by atoms with Gasteiger partial charge in [-0.3, -0.25) is 0 Å². The van der Waals surface area contributed by atoms with Gasteiger partial charge in [0.15, 0.2) is 17.8 Å². The van der Waals surface area contributed by atoms with Crippen LogP contribution in [0.25, 0.3) is 11.2 Å². The van der Waals surface area contributed by atoms with Crippen molar-refractivity contribution < 1.29 is 23.5 Å². The smallest absolute Gasteiger partial charge is 0.402 e. The van der Waals surface area contributed by atoms with E-state index in [-0.39, 0.29) is 5.75 Å². The van der Waals surface area contributed by atoms with Crippen LogP contribution in [0, 0.1) is 0 Å². The van der Waals surface area contributed by atoms with Crippen molar-refractivity contribution in [3.63, 3.8) is 0 Å². The summed E-state index contributed by atoms with van der Waals surface area (Å²) in [4.78, 5) is 22.2. The molecule has 144 valence electrons. The zero-order valence-corrected chi connectivity index (χ0v) is 15.7. The van der Waals surface area contributed by atoms with Crippen LogP contribution < -0.4 is 15.0 Å². The molecule has 3 rings (SSSR count). The normalized spacial score (nSPS) is 14.6. The number of nitrogens with zero attached hydrogens (tertiary/aromatic N) is 4. The monoisotopic (exact) mass is 393 g/mol. The van der Waals surface area contributed by atoms with Crippen molar-refractivity contribution in [1.29, 1.82) is 0 Å². The summed E-state index contributed by atoms with van der Waals surface area (Å²) in [7, 11) is -2.44. The molecule has 0 saturated carbocycles. The van der Waals surface area contributed by atoms with Gasteiger partial charge in [0.1, 0.15) is 23.3 Å². The van der Waals surface area contributed by atoms with Crippen molar-refractivity contribution in [2.75, 3.05) is 19.2 Å². The second-order valence-electron chi connectivity index (χ2n) is 5.84. The molecule has 0 aliphatic rings. The predicted molar refractivity (Wildman–Crippen MR) is 98.6 cm³/mol. The lowest BCUT2D eigenvalue weighted by molar-refractivity contribution is 0.0772. The maximum Gasteiger partial charge on any atom is 0.402 e. The molecule has 0 aliphatic carbocycles. The molecular weight excluding hydrogens is 373 g/mol. The van der Waals surface area contributed by atoms with Crippen LogP contribution in [-0.2, 0) is 15.8 Å². The van der Waals surface area contributed by atoms with E-state index >= 15 is 0 Å². The summed E-state index contributed by atoms with van der Waals surface area (Å²) in [6.45, 7) is 2.14. The Hall–Kier alpha value is -2.68. The Balaban J connectivity index is 1.57. The van der Waals surface area contributed by atoms with E-state index in [9.17, 15) is 9.46 Å². The minimum Gasteiger partial charge on any atom is -0.497 e. The molecule has 2 unspecified atom stereocenters. The molecule has 0 spiro atoms. The average molecular weight is 393 g/mol. The highest BCUT2D eigenvalue weighted by atomic mass is 31.2. The summed E-state index contributed by atoms with van der Waals surface area (Å²) in [6, 6.07) is 6.37. The Labute approximate surface area is 155 Å². The Bertz CT molecular complexity index is 961. The molecule has 0 radical (unpaired) electrons. The standard InChI is InChI=1S/C16H20N5O5P/c1-11(7-21-9-20-14-15(17)18-8-19-16(14)21)25-10-27(22,23)26-13-5-3-12(24-2)4-6-13/h3-6,8-9,11H,7,10H2,1-2H3,(H,22,23)(H2,17,18,19). The Morgan fingerprint density at radius 3 is 2.63 bits per heavy atom. The van der Waals surface area contributed by atoms with Crippen LogP contribution >= 0.6 is 7.60 Å². The fraction of sp³-hybridized carbons (Fsp3) is 0.312. The quantitative estimate of drug-likeness (QED) is 0.551. The van der Waals surface area contributed by atoms with Gasteiger partial charge < -0.3 is 29.2 Å². The van der Waals surface area contributed by atoms with Gasteiger partial charge in [0, 0.05) is 0 Å². The molecule has 11 heteroatoms. The van der Waals surface area contributed by atoms with Gasteiger partial charge in [-0.15, -0.1) is 0 Å². The zero-order chi connectivity index (χ0) is 19.4. The molecule has 27 heavy (non-hydrogen) atoms. The number of nitrogens with two attached hydrogens (primary N) is 1. The fourth-order valence-electron chi connectivity index (χ4n) is 2.41. The highest BCUT2D eigenvalue weighted by Gasteiger charge is 2.23. The number of rotatable bonds is 8. The first-order valence-electron chi connectivity index (χ1n) is 8.06. The van der Waals surface area contributed by atoms with E-state index in [1.807, 2.05) is 0 Å². The van der Waals surface area contributed by atoms with E-state index < -0.39 is 20.0 Å². The molecular formula is C16H20N5O5P. The van der Waals surface area contributed by atoms with Gasteiger partial charge >= 0.3 is 7.60 Å². The Kier molecular flexibility index (Phi) is 5.59. The van der Waals surface area contributed by atoms with E-state index in [0.29, 0.717) is 29.3 Å². The van der Waals surface area contributed by atoms with Gasteiger partial charge in [-0.05, 0) is 31.2 Å². The minimum atomic E-state index is -3.97. The van der Waals surface area contributed by atoms with Gasteiger partial charge in [0.25, 0.3) is 0 Å². The summed E-state index contributed by atoms with van der Waals surface area (Å²) in [5.74, 6) is 1.17. The second kappa shape index (κ2) is 7.91. The number of imidazole rings is 1. The van der Waals surface area contributed by atoms with Crippen LogP contribution in [0.4, 0.5) is 5.82 Å². The number of benzene rings is 1. The van der Waals surface area contributed by atoms with Crippen molar-refractivity contribution in [2.45, 2.75) is 19.6 Å². The summed E-state index contributed by atoms with van der Waals surface area (Å²) >= 11 is 0. The first-order chi connectivity index (χ1) is 12.9. The van der Waals surface area contributed by atoms with Crippen LogP contribution in [0.2, 0.25) is 0 Å². The number of fused-ring (bicyclic) bond motifs is 1. The third-order valence-electron chi connectivity index (χ3n) is 3.71. The van der Waals surface area contributed by atoms with Crippen molar-refractivity contribution >= 4 is 24.6 Å². The number of hydrogen-bond acceptors (Lipinski definition) is 8. The van der Waals surface area contributed by atoms with E-state index in [1.165, 1.54) is 13.4 Å². The zero-order valence-electron chi connectivity index (χ0n) is 14.8. The lowest BCUT2D eigenvalue weighted by Gasteiger charge is -2.18. The van der Waals surface area contributed by atoms with Crippen molar-refractivity contribution in [3.8, 4) is 11.5 Å². The highest BCUT2D eigenvalue weighted by molar-refractivity contribution is 7.53. The molecule has 2 atom stereocenters. The van der Waals surface area contributed by atoms with Gasteiger partial charge in [-0.25, -0.2) is 19.5 Å². The molecule has 3 aromatic rings. The lowest BCUT2D eigenvalue weighted by Crippen LogP contribution is -2.18. The van der Waals surface area contributed by atoms with Gasteiger partial charge in [-0.1, -0.05) is 0 Å². The first-order valence-corrected chi connectivity index (χ1v) is 9.82. The molecule has 0 aliphatic heterocycles. The molecule has 2 aromatic heterocycles. The van der Waals surface area contributed by atoms with Gasteiger partial charge in [0.2, 0.25) is 0 Å². The Morgan fingerprint density at radius 2 is 1.93 bits per heavy atom. The molecule has 1 aromatic carbocycles. The maximum atomic E-state index is 12.2. The van der Waals surface area contributed by atoms with E-state index in [2.05, 4.69) is 15.0 Å². The minimum absolute atomic E-state index is 0.255. The number of ether oxygens (including phenoxy) is 2. The van der Waals surface area contributed by atoms with Gasteiger partial charge in [0.05, 0.1) is 26.1 Å². The molecule has 0 fully saturated rings. The third kappa shape index (κ3) is 4.73. The molecule has 0 bridgehead atoms. The molecule has 2 heterocycles. The van der Waals surface area contributed by atoms with Crippen LogP contribution in [0.3, 0.4) is 0 Å². The number of anilines is 1. The predicted octanol–water partition coefficient (Wildman–Crippen LogP) is 2.04. The Morgan fingerprint density at radius 1 is 1.22 bits per heavy atom. The number of hydrogen-bond donors (Lipinski definition) is 2. The molecule has 3 N–H and O–H groups in total. The van der Waals surface area contributed by atoms with Crippen LogP contribution in [0.1, 0.15) is 6.92 Å². The van der Waals surface area contributed by atoms with Crippen molar-refractivity contribution in [2.24, 2.45) is 0 Å². The number of nitrogen functional groups attached to an aromatic ring is 1. The summed E-state index contributed by atoms with van der Waals surface area (Å²) < 4.78 is 29.6. The highest BCUT2D eigenvalue weighted by Crippen LogP contribution is 2.43. The third-order valence-corrected chi connectivity index (χ3v) is 4.68. The SMILES string of the molecule is COc1ccc(OP(=O)(O)COC(C)Cn2cnc3c(N)ncnc32)cc1. The maximum absolute atomic E-state index is 12.2. The lowest BCUT2D eigenvalue weighted by atomic mass is 10.3. The number of aromatic nitrogens is 4. The first kappa shape index (κ1) is 19.1. The van der Waals surface area contributed by atoms with E-state index in [0.717, 1.165) is 0 Å². The summed E-state index contributed by atoms with van der Waals surface area (Å²) in [5.41, 5.74) is 6.82. The number of methoxy groups -OCH3 is 1. The van der Waals surface area contributed by atoms with Crippen LogP contribution in [-0.4, -0.2) is 44.0 Å². The van der Waals surface area contributed by atoms with E-state index in [4.69, 9.17) is 19.7 Å². The summed E-state index contributed by atoms with van der Waals surface area (Å²) in [6.07, 6.45) is 2.08. The molecule has 0 saturated heterocycles. The summed E-state index contributed by atoms with van der Waals surface area (Å²) in [5, 5.41) is 0. The van der Waals surface area contributed by atoms with Crippen molar-refractivity contribution in [3.05, 3.63) is 36.9 Å². The van der Waals surface area contributed by atoms with Crippen LogP contribution in [0.5, 0.6) is 11.5 Å². The second-order valence-corrected chi connectivity index (χ2v) is 7.55. The average Bonchev–Trinajstić information content (AvgIpc) is 3.05. The van der Waals surface area contributed by atoms with Crippen LogP contribution in [0.15, 0.2) is 36.9 Å². The van der Waals surface area contributed by atoms with Crippen molar-refractivity contribution in [1.82, 2.24) is 19.5 Å². The fourth-order valence-corrected chi connectivity index (χ4v) is 3.36. The molecule has 10 nitrogen and oxygen atoms in total.